The molecule has 4 rings (SSSR count). The van der Waals surface area contributed by atoms with Crippen LogP contribution in [0.25, 0.3) is 22.2 Å². The molecule has 0 atom stereocenters. The van der Waals surface area contributed by atoms with Crippen molar-refractivity contribution in [3.63, 3.8) is 0 Å². The van der Waals surface area contributed by atoms with E-state index >= 15 is 0 Å². The molecule has 0 saturated carbocycles. The molecule has 0 N–H and O–H groups in total. The van der Waals surface area contributed by atoms with Gasteiger partial charge in [0.05, 0.1) is 16.9 Å². The number of hydrogen-bond acceptors (Lipinski definition) is 3. The lowest BCUT2D eigenvalue weighted by Crippen LogP contribution is -2.05. The van der Waals surface area contributed by atoms with Crippen LogP contribution in [-0.4, -0.2) is 19.5 Å². The summed E-state index contributed by atoms with van der Waals surface area (Å²) in [6.07, 6.45) is 3.87. The highest BCUT2D eigenvalue weighted by Gasteiger charge is 2.11. The SMILES string of the molecule is CCn1cc(-c2ccccc2)nc1CCc1nc(C)nc2cc(C)ccc12. The molecule has 136 valence electrons. The molecule has 2 aromatic carbocycles. The summed E-state index contributed by atoms with van der Waals surface area (Å²) >= 11 is 0. The smallest absolute Gasteiger partial charge is 0.126 e. The summed E-state index contributed by atoms with van der Waals surface area (Å²) in [4.78, 5) is 14.2. The Hall–Kier alpha value is -3.01. The summed E-state index contributed by atoms with van der Waals surface area (Å²) in [6, 6.07) is 16.8. The van der Waals surface area contributed by atoms with E-state index in [2.05, 4.69) is 72.1 Å². The fourth-order valence-electron chi connectivity index (χ4n) is 3.53. The molecule has 0 radical (unpaired) electrons. The molecule has 0 aliphatic rings. The first-order valence-electron chi connectivity index (χ1n) is 9.49. The van der Waals surface area contributed by atoms with Crippen molar-refractivity contribution in [2.75, 3.05) is 0 Å². The number of benzene rings is 2. The van der Waals surface area contributed by atoms with Gasteiger partial charge in [-0.1, -0.05) is 42.5 Å². The van der Waals surface area contributed by atoms with Gasteiger partial charge in [-0.2, -0.15) is 0 Å². The number of hydrogen-bond donors (Lipinski definition) is 0. The first-order valence-corrected chi connectivity index (χ1v) is 9.49. The topological polar surface area (TPSA) is 43.6 Å². The quantitative estimate of drug-likeness (QED) is 0.510. The molecule has 4 aromatic rings. The minimum atomic E-state index is 0.826. The van der Waals surface area contributed by atoms with Gasteiger partial charge in [0.2, 0.25) is 0 Å². The van der Waals surface area contributed by atoms with Crippen LogP contribution in [0.5, 0.6) is 0 Å². The zero-order valence-electron chi connectivity index (χ0n) is 16.1. The van der Waals surface area contributed by atoms with Gasteiger partial charge in [-0.25, -0.2) is 15.0 Å². The Balaban J connectivity index is 1.64. The van der Waals surface area contributed by atoms with Gasteiger partial charge < -0.3 is 4.57 Å². The Morgan fingerprint density at radius 3 is 2.48 bits per heavy atom. The lowest BCUT2D eigenvalue weighted by Gasteiger charge is -2.08. The Kier molecular flexibility index (Phi) is 4.71. The zero-order valence-corrected chi connectivity index (χ0v) is 16.1. The Morgan fingerprint density at radius 2 is 1.70 bits per heavy atom. The van der Waals surface area contributed by atoms with E-state index in [0.717, 1.165) is 58.9 Å². The molecular formula is C23H24N4. The number of aryl methyl sites for hydroxylation is 5. The largest absolute Gasteiger partial charge is 0.335 e. The molecule has 2 aromatic heterocycles. The molecular weight excluding hydrogens is 332 g/mol. The molecule has 0 aliphatic heterocycles. The monoisotopic (exact) mass is 356 g/mol. The van der Waals surface area contributed by atoms with Crippen LogP contribution in [-0.2, 0) is 19.4 Å². The van der Waals surface area contributed by atoms with Crippen molar-refractivity contribution in [2.45, 2.75) is 40.2 Å². The third-order valence-electron chi connectivity index (χ3n) is 4.90. The number of aromatic nitrogens is 4. The van der Waals surface area contributed by atoms with Crippen LogP contribution in [0.1, 0.15) is 29.8 Å². The third kappa shape index (κ3) is 3.61. The van der Waals surface area contributed by atoms with E-state index in [0.29, 0.717) is 0 Å². The summed E-state index contributed by atoms with van der Waals surface area (Å²) in [5, 5.41) is 1.14. The second-order valence-electron chi connectivity index (χ2n) is 6.93. The van der Waals surface area contributed by atoms with Crippen molar-refractivity contribution in [3.05, 3.63) is 77.6 Å². The van der Waals surface area contributed by atoms with Crippen LogP contribution < -0.4 is 0 Å². The standard InChI is InChI=1S/C23H24N4/c1-4-27-15-22(18-8-6-5-7-9-18)26-23(27)13-12-20-19-11-10-16(2)14-21(19)25-17(3)24-20/h5-11,14-15H,4,12-13H2,1-3H3. The van der Waals surface area contributed by atoms with Crippen molar-refractivity contribution in [1.82, 2.24) is 19.5 Å². The number of rotatable bonds is 5. The fraction of sp³-hybridized carbons (Fsp3) is 0.261. The van der Waals surface area contributed by atoms with Gasteiger partial charge in [-0.05, 0) is 38.8 Å². The molecule has 0 saturated heterocycles. The van der Waals surface area contributed by atoms with Gasteiger partial charge in [0, 0.05) is 30.1 Å². The first kappa shape index (κ1) is 17.4. The van der Waals surface area contributed by atoms with Gasteiger partial charge in [-0.3, -0.25) is 0 Å². The molecule has 0 amide bonds. The lowest BCUT2D eigenvalue weighted by molar-refractivity contribution is 0.686. The first-order chi connectivity index (χ1) is 13.1. The van der Waals surface area contributed by atoms with Crippen LogP contribution in [0, 0.1) is 13.8 Å². The summed E-state index contributed by atoms with van der Waals surface area (Å²) < 4.78 is 2.24. The minimum absolute atomic E-state index is 0.826. The Labute approximate surface area is 159 Å². The molecule has 2 heterocycles. The average Bonchev–Trinajstić information content (AvgIpc) is 3.09. The molecule has 0 fully saturated rings. The molecule has 27 heavy (non-hydrogen) atoms. The van der Waals surface area contributed by atoms with Gasteiger partial charge in [0.25, 0.3) is 0 Å². The maximum atomic E-state index is 4.90. The summed E-state index contributed by atoms with van der Waals surface area (Å²) in [6.45, 7) is 7.14. The minimum Gasteiger partial charge on any atom is -0.335 e. The van der Waals surface area contributed by atoms with Crippen LogP contribution >= 0.6 is 0 Å². The van der Waals surface area contributed by atoms with Crippen LogP contribution in [0.4, 0.5) is 0 Å². The molecule has 0 unspecified atom stereocenters. The molecule has 4 heteroatoms. The molecule has 0 spiro atoms. The highest BCUT2D eigenvalue weighted by Crippen LogP contribution is 2.21. The van der Waals surface area contributed by atoms with E-state index in [9.17, 15) is 0 Å². The Morgan fingerprint density at radius 1 is 0.889 bits per heavy atom. The van der Waals surface area contributed by atoms with E-state index in [1.165, 1.54) is 5.56 Å². The van der Waals surface area contributed by atoms with Gasteiger partial charge in [0.15, 0.2) is 0 Å². The van der Waals surface area contributed by atoms with E-state index in [1.807, 2.05) is 13.0 Å². The van der Waals surface area contributed by atoms with Crippen molar-refractivity contribution in [3.8, 4) is 11.3 Å². The Bertz CT molecular complexity index is 1080. The summed E-state index contributed by atoms with van der Waals surface area (Å²) in [7, 11) is 0. The summed E-state index contributed by atoms with van der Waals surface area (Å²) in [5.41, 5.74) is 5.54. The zero-order chi connectivity index (χ0) is 18.8. The lowest BCUT2D eigenvalue weighted by atomic mass is 10.1. The second-order valence-corrected chi connectivity index (χ2v) is 6.93. The maximum absolute atomic E-state index is 4.90. The van der Waals surface area contributed by atoms with Crippen LogP contribution in [0.15, 0.2) is 54.7 Å². The molecule has 4 nitrogen and oxygen atoms in total. The maximum Gasteiger partial charge on any atom is 0.126 e. The van der Waals surface area contributed by atoms with Crippen molar-refractivity contribution in [2.24, 2.45) is 0 Å². The highest BCUT2D eigenvalue weighted by molar-refractivity contribution is 5.81. The normalized spacial score (nSPS) is 11.2. The second kappa shape index (κ2) is 7.31. The van der Waals surface area contributed by atoms with E-state index < -0.39 is 0 Å². The molecule has 0 bridgehead atoms. The van der Waals surface area contributed by atoms with E-state index in [1.54, 1.807) is 0 Å². The third-order valence-corrected chi connectivity index (χ3v) is 4.90. The van der Waals surface area contributed by atoms with Crippen molar-refractivity contribution < 1.29 is 0 Å². The highest BCUT2D eigenvalue weighted by atomic mass is 15.1. The predicted molar refractivity (Wildman–Crippen MR) is 110 cm³/mol. The van der Waals surface area contributed by atoms with E-state index in [-0.39, 0.29) is 0 Å². The van der Waals surface area contributed by atoms with Gasteiger partial charge in [-0.15, -0.1) is 0 Å². The fourth-order valence-corrected chi connectivity index (χ4v) is 3.53. The average molecular weight is 356 g/mol. The number of nitrogens with zero attached hydrogens (tertiary/aromatic N) is 4. The summed E-state index contributed by atoms with van der Waals surface area (Å²) in [5.74, 6) is 1.93. The van der Waals surface area contributed by atoms with Crippen molar-refractivity contribution in [1.29, 1.82) is 0 Å². The predicted octanol–water partition coefficient (Wildman–Crippen LogP) is 4.92. The van der Waals surface area contributed by atoms with Crippen LogP contribution in [0.3, 0.4) is 0 Å². The number of imidazole rings is 1. The van der Waals surface area contributed by atoms with Crippen molar-refractivity contribution >= 4 is 10.9 Å². The van der Waals surface area contributed by atoms with Gasteiger partial charge >= 0.3 is 0 Å². The van der Waals surface area contributed by atoms with Crippen LogP contribution in [0.2, 0.25) is 0 Å². The number of fused-ring (bicyclic) bond motifs is 1. The molecule has 0 aliphatic carbocycles. The van der Waals surface area contributed by atoms with Gasteiger partial charge in [0.1, 0.15) is 11.6 Å². The van der Waals surface area contributed by atoms with E-state index in [4.69, 9.17) is 9.97 Å².